The van der Waals surface area contributed by atoms with E-state index >= 15 is 0 Å². The fourth-order valence-electron chi connectivity index (χ4n) is 2.95. The number of carbonyl (C=O) groups excluding carboxylic acids is 1. The lowest BCUT2D eigenvalue weighted by Crippen LogP contribution is -2.63. The van der Waals surface area contributed by atoms with Crippen molar-refractivity contribution in [2.45, 2.75) is 19.9 Å². The minimum atomic E-state index is 0.0285. The van der Waals surface area contributed by atoms with Gasteiger partial charge in [-0.3, -0.25) is 14.6 Å². The Bertz CT molecular complexity index is 479. The smallest absolute Gasteiger partial charge is 0.263 e. The molecule has 0 radical (unpaired) electrons. The maximum Gasteiger partial charge on any atom is 0.263 e. The number of amides is 1. The Morgan fingerprint density at radius 3 is 2.63 bits per heavy atom. The third kappa shape index (κ3) is 2.66. The summed E-state index contributed by atoms with van der Waals surface area (Å²) in [6.45, 7) is 10.3. The molecule has 1 N–H and O–H groups in total. The summed E-state index contributed by atoms with van der Waals surface area (Å²) in [5, 5.41) is 4.02. The van der Waals surface area contributed by atoms with E-state index < -0.39 is 0 Å². The van der Waals surface area contributed by atoms with Gasteiger partial charge in [0.1, 0.15) is 4.88 Å². The van der Waals surface area contributed by atoms with E-state index in [0.717, 1.165) is 41.8 Å². The Kier molecular flexibility index (Phi) is 3.56. The van der Waals surface area contributed by atoms with Gasteiger partial charge in [0.05, 0.1) is 10.7 Å². The van der Waals surface area contributed by atoms with E-state index in [0.29, 0.717) is 6.04 Å². The number of hydrogen-bond acceptors (Lipinski definition) is 5. The van der Waals surface area contributed by atoms with Gasteiger partial charge in [-0.15, -0.1) is 11.3 Å². The molecule has 0 saturated carbocycles. The van der Waals surface area contributed by atoms with Crippen LogP contribution in [0.5, 0.6) is 0 Å². The lowest BCUT2D eigenvalue weighted by atomic mass is 10.1. The summed E-state index contributed by atoms with van der Waals surface area (Å²) in [6.07, 6.45) is 0. The van der Waals surface area contributed by atoms with Gasteiger partial charge in [0.25, 0.3) is 5.91 Å². The second kappa shape index (κ2) is 5.19. The average Bonchev–Trinajstić information content (AvgIpc) is 2.76. The summed E-state index contributed by atoms with van der Waals surface area (Å²) in [4.78, 5) is 22.2. The third-order valence-electron chi connectivity index (χ3n) is 4.00. The van der Waals surface area contributed by atoms with E-state index in [1.54, 1.807) is 0 Å². The molecule has 0 aliphatic carbocycles. The van der Waals surface area contributed by atoms with Crippen molar-refractivity contribution in [3.8, 4) is 0 Å². The Labute approximate surface area is 117 Å². The van der Waals surface area contributed by atoms with Gasteiger partial charge < -0.3 is 5.32 Å². The largest absolute Gasteiger partial charge is 0.350 e. The molecule has 3 aliphatic rings. The van der Waals surface area contributed by atoms with Crippen molar-refractivity contribution in [2.75, 3.05) is 39.3 Å². The third-order valence-corrected chi connectivity index (χ3v) is 5.07. The molecule has 1 unspecified atom stereocenters. The lowest BCUT2D eigenvalue weighted by Gasteiger charge is -2.47. The van der Waals surface area contributed by atoms with Crippen molar-refractivity contribution in [3.63, 3.8) is 0 Å². The van der Waals surface area contributed by atoms with E-state index in [1.165, 1.54) is 24.4 Å². The van der Waals surface area contributed by atoms with Gasteiger partial charge in [-0.05, 0) is 13.8 Å². The van der Waals surface area contributed by atoms with Crippen LogP contribution in [0.25, 0.3) is 0 Å². The first-order valence-electron chi connectivity index (χ1n) is 6.82. The zero-order valence-electron chi connectivity index (χ0n) is 11.5. The number of aryl methyl sites for hydroxylation is 2. The highest BCUT2D eigenvalue weighted by molar-refractivity contribution is 7.13. The summed E-state index contributed by atoms with van der Waals surface area (Å²) in [6, 6.07) is 0.473. The van der Waals surface area contributed by atoms with Crippen LogP contribution < -0.4 is 5.32 Å². The Morgan fingerprint density at radius 2 is 2.11 bits per heavy atom. The number of rotatable bonds is 3. The van der Waals surface area contributed by atoms with Crippen LogP contribution in [0.1, 0.15) is 20.4 Å². The normalized spacial score (nSPS) is 29.5. The lowest BCUT2D eigenvalue weighted by molar-refractivity contribution is 0.0138. The van der Waals surface area contributed by atoms with Crippen LogP contribution in [0.2, 0.25) is 0 Å². The molecule has 0 aromatic carbocycles. The van der Waals surface area contributed by atoms with Gasteiger partial charge in [0.2, 0.25) is 0 Å². The van der Waals surface area contributed by atoms with Crippen LogP contribution in [0.15, 0.2) is 0 Å². The van der Waals surface area contributed by atoms with E-state index in [4.69, 9.17) is 0 Å². The number of carbonyl (C=O) groups is 1. The highest BCUT2D eigenvalue weighted by atomic mass is 32.1. The molecular formula is C13H20N4OS. The predicted octanol–water partition coefficient (Wildman–Crippen LogP) is 0.490. The van der Waals surface area contributed by atoms with Crippen LogP contribution in [0.4, 0.5) is 0 Å². The summed E-state index contributed by atoms with van der Waals surface area (Å²) in [5.74, 6) is 0.0285. The van der Waals surface area contributed by atoms with Crippen molar-refractivity contribution in [1.29, 1.82) is 0 Å². The Hall–Kier alpha value is -0.980. The van der Waals surface area contributed by atoms with Gasteiger partial charge >= 0.3 is 0 Å². The highest BCUT2D eigenvalue weighted by Crippen LogP contribution is 2.18. The average molecular weight is 280 g/mol. The van der Waals surface area contributed by atoms with Gasteiger partial charge in [0.15, 0.2) is 0 Å². The second-order valence-corrected chi connectivity index (χ2v) is 6.55. The van der Waals surface area contributed by atoms with Crippen molar-refractivity contribution in [1.82, 2.24) is 20.1 Å². The second-order valence-electron chi connectivity index (χ2n) is 5.35. The number of piperazine rings is 3. The standard InChI is InChI=1S/C13H20N4OS/c1-9-12(19-10(2)15-9)13(18)14-7-11-8-16-3-5-17(11)6-4-16/h11H,3-8H2,1-2H3,(H,14,18). The monoisotopic (exact) mass is 280 g/mol. The quantitative estimate of drug-likeness (QED) is 0.875. The summed E-state index contributed by atoms with van der Waals surface area (Å²) < 4.78 is 0. The summed E-state index contributed by atoms with van der Waals surface area (Å²) in [5.41, 5.74) is 0.842. The molecular weight excluding hydrogens is 260 g/mol. The zero-order chi connectivity index (χ0) is 13.4. The van der Waals surface area contributed by atoms with Crippen molar-refractivity contribution in [2.24, 2.45) is 0 Å². The molecule has 3 fully saturated rings. The Balaban J connectivity index is 1.57. The first kappa shape index (κ1) is 13.0. The SMILES string of the molecule is Cc1nc(C)c(C(=O)NCC2CN3CCN2CC3)s1. The molecule has 19 heavy (non-hydrogen) atoms. The molecule has 5 nitrogen and oxygen atoms in total. The molecule has 6 heteroatoms. The number of nitrogens with zero attached hydrogens (tertiary/aromatic N) is 3. The molecule has 104 valence electrons. The fourth-order valence-corrected chi connectivity index (χ4v) is 3.79. The van der Waals surface area contributed by atoms with Crippen molar-refractivity contribution in [3.05, 3.63) is 15.6 Å². The molecule has 1 atom stereocenters. The van der Waals surface area contributed by atoms with Gasteiger partial charge in [-0.2, -0.15) is 0 Å². The molecule has 2 bridgehead atoms. The van der Waals surface area contributed by atoms with Crippen molar-refractivity contribution < 1.29 is 4.79 Å². The highest BCUT2D eigenvalue weighted by Gasteiger charge is 2.31. The van der Waals surface area contributed by atoms with E-state index in [2.05, 4.69) is 20.1 Å². The molecule has 3 saturated heterocycles. The minimum Gasteiger partial charge on any atom is -0.350 e. The first-order chi connectivity index (χ1) is 9.13. The Morgan fingerprint density at radius 1 is 1.37 bits per heavy atom. The number of hydrogen-bond donors (Lipinski definition) is 1. The van der Waals surface area contributed by atoms with Crippen molar-refractivity contribution >= 4 is 17.2 Å². The predicted molar refractivity (Wildman–Crippen MR) is 75.7 cm³/mol. The van der Waals surface area contributed by atoms with Gasteiger partial charge in [-0.25, -0.2) is 4.98 Å². The fraction of sp³-hybridized carbons (Fsp3) is 0.692. The van der Waals surface area contributed by atoms with E-state index in [1.807, 2.05) is 13.8 Å². The van der Waals surface area contributed by atoms with Crippen LogP contribution in [0, 0.1) is 13.8 Å². The minimum absolute atomic E-state index is 0.0285. The maximum absolute atomic E-state index is 12.2. The molecule has 4 heterocycles. The van der Waals surface area contributed by atoms with Crippen LogP contribution in [-0.2, 0) is 0 Å². The summed E-state index contributed by atoms with van der Waals surface area (Å²) in [7, 11) is 0. The zero-order valence-corrected chi connectivity index (χ0v) is 12.3. The van der Waals surface area contributed by atoms with Gasteiger partial charge in [-0.1, -0.05) is 0 Å². The summed E-state index contributed by atoms with van der Waals surface area (Å²) >= 11 is 1.48. The van der Waals surface area contributed by atoms with Crippen LogP contribution in [0.3, 0.4) is 0 Å². The first-order valence-corrected chi connectivity index (χ1v) is 7.64. The number of aromatic nitrogens is 1. The molecule has 1 aromatic rings. The number of thiazole rings is 1. The van der Waals surface area contributed by atoms with Crippen LogP contribution in [-0.4, -0.2) is 66.0 Å². The van der Waals surface area contributed by atoms with E-state index in [9.17, 15) is 4.79 Å². The maximum atomic E-state index is 12.2. The van der Waals surface area contributed by atoms with Crippen LogP contribution >= 0.6 is 11.3 Å². The molecule has 0 spiro atoms. The molecule has 1 aromatic heterocycles. The molecule has 3 aliphatic heterocycles. The topological polar surface area (TPSA) is 48.5 Å². The number of fused-ring (bicyclic) bond motifs is 3. The van der Waals surface area contributed by atoms with Gasteiger partial charge in [0, 0.05) is 45.3 Å². The number of nitrogens with one attached hydrogen (secondary N) is 1. The molecule has 1 amide bonds. The van der Waals surface area contributed by atoms with E-state index in [-0.39, 0.29) is 5.91 Å². The molecule has 4 rings (SSSR count).